The van der Waals surface area contributed by atoms with Gasteiger partial charge in [-0.2, -0.15) is 0 Å². The summed E-state index contributed by atoms with van der Waals surface area (Å²) in [6.07, 6.45) is -6.04. The number of hydrogen-bond donors (Lipinski definition) is 3. The minimum Gasteiger partial charge on any atom is -0.464 e. The van der Waals surface area contributed by atoms with Crippen molar-refractivity contribution in [2.75, 3.05) is 20.8 Å². The Morgan fingerprint density at radius 1 is 1.19 bits per heavy atom. The summed E-state index contributed by atoms with van der Waals surface area (Å²) in [5.41, 5.74) is -2.26. The van der Waals surface area contributed by atoms with Crippen molar-refractivity contribution in [2.24, 2.45) is 7.05 Å². The lowest BCUT2D eigenvalue weighted by molar-refractivity contribution is -0.386. The number of esters is 2. The highest BCUT2D eigenvalue weighted by Gasteiger charge is 2.50. The predicted molar refractivity (Wildman–Crippen MR) is 81.5 cm³/mol. The number of aliphatic hydroxyl groups excluding tert-OH is 3. The van der Waals surface area contributed by atoms with Gasteiger partial charge in [-0.1, -0.05) is 0 Å². The number of aliphatic hydroxyl groups is 3. The van der Waals surface area contributed by atoms with Crippen molar-refractivity contribution in [1.29, 1.82) is 0 Å². The molecule has 1 aliphatic rings. The van der Waals surface area contributed by atoms with E-state index < -0.39 is 70.5 Å². The van der Waals surface area contributed by atoms with E-state index in [1.54, 1.807) is 0 Å². The molecule has 12 nitrogen and oxygen atoms in total. The number of carbonyl (C=O) groups excluding carboxylic acids is 2. The molecule has 12 heteroatoms. The van der Waals surface area contributed by atoms with E-state index in [2.05, 4.69) is 9.47 Å². The van der Waals surface area contributed by atoms with Crippen LogP contribution >= 0.6 is 0 Å². The average Bonchev–Trinajstić information content (AvgIpc) is 3.08. The number of nitro groups is 1. The van der Waals surface area contributed by atoms with Gasteiger partial charge in [0.15, 0.2) is 0 Å². The first kappa shape index (κ1) is 19.8. The van der Waals surface area contributed by atoms with E-state index in [-0.39, 0.29) is 0 Å². The van der Waals surface area contributed by atoms with Gasteiger partial charge in [-0.15, -0.1) is 0 Å². The molecule has 0 amide bonds. The molecule has 4 atom stereocenters. The van der Waals surface area contributed by atoms with Crippen LogP contribution in [0.15, 0.2) is 0 Å². The zero-order chi connectivity index (χ0) is 19.8. The molecule has 0 aromatic carbocycles. The number of carbonyl (C=O) groups is 2. The minimum absolute atomic E-state index is 0.422. The zero-order valence-electron chi connectivity index (χ0n) is 14.1. The Hall–Kier alpha value is -2.54. The fourth-order valence-corrected chi connectivity index (χ4v) is 2.96. The smallest absolute Gasteiger partial charge is 0.361 e. The highest BCUT2D eigenvalue weighted by atomic mass is 16.6. The maximum absolute atomic E-state index is 12.2. The van der Waals surface area contributed by atoms with Crippen molar-refractivity contribution >= 4 is 17.6 Å². The van der Waals surface area contributed by atoms with Gasteiger partial charge in [0.2, 0.25) is 5.69 Å². The van der Waals surface area contributed by atoms with Crippen LogP contribution in [0.2, 0.25) is 0 Å². The second-order valence-electron chi connectivity index (χ2n) is 5.52. The van der Waals surface area contributed by atoms with E-state index in [0.29, 0.717) is 0 Å². The zero-order valence-corrected chi connectivity index (χ0v) is 14.1. The molecule has 2 heterocycles. The molecular weight excluding hydrogens is 356 g/mol. The monoisotopic (exact) mass is 374 g/mol. The van der Waals surface area contributed by atoms with Crippen molar-refractivity contribution in [3.8, 4) is 0 Å². The van der Waals surface area contributed by atoms with Crippen LogP contribution in [0.1, 0.15) is 32.6 Å². The molecule has 0 bridgehead atoms. The van der Waals surface area contributed by atoms with Crippen LogP contribution in [0.5, 0.6) is 0 Å². The second-order valence-corrected chi connectivity index (χ2v) is 5.52. The molecule has 1 aromatic heterocycles. The Bertz CT molecular complexity index is 743. The first-order valence-electron chi connectivity index (χ1n) is 7.37. The summed E-state index contributed by atoms with van der Waals surface area (Å²) >= 11 is 0. The molecule has 144 valence electrons. The molecule has 0 spiro atoms. The topological polar surface area (TPSA) is 171 Å². The number of methoxy groups -OCH3 is 2. The van der Waals surface area contributed by atoms with Crippen molar-refractivity contribution in [3.05, 3.63) is 27.1 Å². The maximum Gasteiger partial charge on any atom is 0.361 e. The highest BCUT2D eigenvalue weighted by molar-refractivity contribution is 5.99. The Kier molecular flexibility index (Phi) is 5.61. The predicted octanol–water partition coefficient (Wildman–Crippen LogP) is -1.34. The van der Waals surface area contributed by atoms with Gasteiger partial charge in [-0.05, 0) is 0 Å². The van der Waals surface area contributed by atoms with Crippen molar-refractivity contribution < 1.29 is 44.0 Å². The number of aromatic nitrogens is 1. The number of hydrogen-bond acceptors (Lipinski definition) is 10. The lowest BCUT2D eigenvalue weighted by Gasteiger charge is -2.15. The fraction of sp³-hybridized carbons (Fsp3) is 0.571. The molecule has 2 rings (SSSR count). The van der Waals surface area contributed by atoms with E-state index in [9.17, 15) is 35.0 Å². The van der Waals surface area contributed by atoms with E-state index in [1.807, 2.05) is 0 Å². The van der Waals surface area contributed by atoms with Gasteiger partial charge >= 0.3 is 17.6 Å². The normalized spacial score (nSPS) is 25.2. The van der Waals surface area contributed by atoms with E-state index in [0.717, 1.165) is 18.8 Å². The fourth-order valence-electron chi connectivity index (χ4n) is 2.96. The summed E-state index contributed by atoms with van der Waals surface area (Å²) in [5.74, 6) is -2.12. The number of nitrogens with zero attached hydrogens (tertiary/aromatic N) is 2. The minimum atomic E-state index is -1.69. The quantitative estimate of drug-likeness (QED) is 0.318. The summed E-state index contributed by atoms with van der Waals surface area (Å²) in [6, 6.07) is 0. The first-order chi connectivity index (χ1) is 12.2. The van der Waals surface area contributed by atoms with Gasteiger partial charge < -0.3 is 34.1 Å². The Morgan fingerprint density at radius 3 is 2.15 bits per heavy atom. The maximum atomic E-state index is 12.2. The van der Waals surface area contributed by atoms with Gasteiger partial charge in [-0.25, -0.2) is 9.59 Å². The van der Waals surface area contributed by atoms with Crippen molar-refractivity contribution in [1.82, 2.24) is 4.57 Å². The average molecular weight is 374 g/mol. The van der Waals surface area contributed by atoms with Crippen LogP contribution in [0.3, 0.4) is 0 Å². The molecule has 1 fully saturated rings. The van der Waals surface area contributed by atoms with Crippen LogP contribution in [-0.2, 0) is 21.3 Å². The third kappa shape index (κ3) is 2.92. The van der Waals surface area contributed by atoms with Crippen molar-refractivity contribution in [2.45, 2.75) is 24.4 Å². The van der Waals surface area contributed by atoms with Gasteiger partial charge in [0.05, 0.1) is 31.3 Å². The molecule has 0 saturated carbocycles. The van der Waals surface area contributed by atoms with Crippen LogP contribution in [-0.4, -0.2) is 75.9 Å². The third-order valence-electron chi connectivity index (χ3n) is 4.17. The lowest BCUT2D eigenvalue weighted by atomic mass is 10.00. The summed E-state index contributed by atoms with van der Waals surface area (Å²) in [6.45, 7) is -0.674. The second kappa shape index (κ2) is 7.37. The van der Waals surface area contributed by atoms with Crippen LogP contribution in [0, 0.1) is 10.1 Å². The van der Waals surface area contributed by atoms with Crippen molar-refractivity contribution in [3.63, 3.8) is 0 Å². The molecule has 3 N–H and O–H groups in total. The van der Waals surface area contributed by atoms with Crippen LogP contribution < -0.4 is 0 Å². The SMILES string of the molecule is COC(=O)c1c(C2OC(CO)C(O)C2O)c([N+](=O)[O-])c(C(=O)OC)n1C. The summed E-state index contributed by atoms with van der Waals surface area (Å²) < 4.78 is 15.3. The largest absolute Gasteiger partial charge is 0.464 e. The summed E-state index contributed by atoms with van der Waals surface area (Å²) in [4.78, 5) is 34.9. The van der Waals surface area contributed by atoms with Crippen LogP contribution in [0.4, 0.5) is 5.69 Å². The molecule has 0 aliphatic carbocycles. The Balaban J connectivity index is 2.80. The first-order valence-corrected chi connectivity index (χ1v) is 7.37. The van der Waals surface area contributed by atoms with Gasteiger partial charge in [-0.3, -0.25) is 10.1 Å². The van der Waals surface area contributed by atoms with Gasteiger partial charge in [0.25, 0.3) is 0 Å². The molecule has 1 aromatic rings. The molecular formula is C14H18N2O10. The standard InChI is InChI=1S/C14H18N2O10/c1-15-8(13(20)24-2)6(7(16(22)23)9(15)14(21)25-3)12-11(19)10(18)5(4-17)26-12/h5,10-12,17-19H,4H2,1-3H3. The van der Waals surface area contributed by atoms with E-state index >= 15 is 0 Å². The Labute approximate surface area is 146 Å². The highest BCUT2D eigenvalue weighted by Crippen LogP contribution is 2.43. The summed E-state index contributed by atoms with van der Waals surface area (Å²) in [7, 11) is 3.24. The van der Waals surface area contributed by atoms with Crippen LogP contribution in [0.25, 0.3) is 0 Å². The molecule has 0 radical (unpaired) electrons. The van der Waals surface area contributed by atoms with E-state index in [4.69, 9.17) is 4.74 Å². The summed E-state index contributed by atoms with van der Waals surface area (Å²) in [5, 5.41) is 41.0. The van der Waals surface area contributed by atoms with Gasteiger partial charge in [0, 0.05) is 7.05 Å². The van der Waals surface area contributed by atoms with Gasteiger partial charge in [0.1, 0.15) is 30.1 Å². The number of rotatable bonds is 5. The molecule has 1 aliphatic heterocycles. The lowest BCUT2D eigenvalue weighted by Crippen LogP contribution is -2.32. The van der Waals surface area contributed by atoms with E-state index in [1.165, 1.54) is 7.05 Å². The third-order valence-corrected chi connectivity index (χ3v) is 4.17. The molecule has 26 heavy (non-hydrogen) atoms. The number of ether oxygens (including phenoxy) is 3. The molecule has 1 saturated heterocycles. The Morgan fingerprint density at radius 2 is 1.73 bits per heavy atom. The molecule has 4 unspecified atom stereocenters.